The normalized spacial score (nSPS) is 15.2. The quantitative estimate of drug-likeness (QED) is 0.633. The lowest BCUT2D eigenvalue weighted by molar-refractivity contribution is -0.135. The summed E-state index contributed by atoms with van der Waals surface area (Å²) in [6.07, 6.45) is 4.81. The van der Waals surface area contributed by atoms with Gasteiger partial charge in [0.05, 0.1) is 6.61 Å². The van der Waals surface area contributed by atoms with Gasteiger partial charge in [0.25, 0.3) is 0 Å². The van der Waals surface area contributed by atoms with Gasteiger partial charge in [-0.2, -0.15) is 8.78 Å². The lowest BCUT2D eigenvalue weighted by Crippen LogP contribution is -2.50. The van der Waals surface area contributed by atoms with Crippen LogP contribution in [0.3, 0.4) is 0 Å². The van der Waals surface area contributed by atoms with E-state index in [1.807, 2.05) is 13.8 Å². The zero-order valence-electron chi connectivity index (χ0n) is 17.0. The van der Waals surface area contributed by atoms with Gasteiger partial charge in [0, 0.05) is 19.2 Å². The monoisotopic (exact) mass is 410 g/mol. The van der Waals surface area contributed by atoms with Crippen LogP contribution in [-0.2, 0) is 9.59 Å². The van der Waals surface area contributed by atoms with Gasteiger partial charge >= 0.3 is 6.61 Å². The number of carbonyl (C=O) groups excluding carboxylic acids is 2. The predicted molar refractivity (Wildman–Crippen MR) is 106 cm³/mol. The Bertz CT molecular complexity index is 731. The van der Waals surface area contributed by atoms with E-state index in [2.05, 4.69) is 10.1 Å². The molecule has 2 amide bonds. The smallest absolute Gasteiger partial charge is 0.387 e. The fourth-order valence-electron chi connectivity index (χ4n) is 3.11. The van der Waals surface area contributed by atoms with Gasteiger partial charge in [-0.3, -0.25) is 9.59 Å². The minimum Gasteiger partial charge on any atom is -0.490 e. The Balaban J connectivity index is 2.06. The van der Waals surface area contributed by atoms with Crippen molar-refractivity contribution < 1.29 is 27.8 Å². The highest BCUT2D eigenvalue weighted by molar-refractivity contribution is 5.95. The minimum absolute atomic E-state index is 0.0456. The summed E-state index contributed by atoms with van der Waals surface area (Å²) < 4.78 is 34.7. The number of amides is 2. The molecule has 0 bridgehead atoms. The lowest BCUT2D eigenvalue weighted by atomic mass is 10.0. The molecule has 1 aromatic rings. The van der Waals surface area contributed by atoms with E-state index in [9.17, 15) is 18.4 Å². The van der Waals surface area contributed by atoms with Crippen molar-refractivity contribution in [3.8, 4) is 11.5 Å². The number of hydrogen-bond donors (Lipinski definition) is 1. The second-order valence-electron chi connectivity index (χ2n) is 7.11. The van der Waals surface area contributed by atoms with Crippen molar-refractivity contribution in [2.24, 2.45) is 5.92 Å². The van der Waals surface area contributed by atoms with Crippen LogP contribution in [0.2, 0.25) is 0 Å². The number of rotatable bonds is 9. The molecule has 2 rings (SSSR count). The highest BCUT2D eigenvalue weighted by atomic mass is 19.3. The van der Waals surface area contributed by atoms with Gasteiger partial charge in [-0.05, 0) is 49.5 Å². The van der Waals surface area contributed by atoms with E-state index < -0.39 is 18.6 Å². The maximum absolute atomic E-state index is 12.6. The van der Waals surface area contributed by atoms with Crippen molar-refractivity contribution >= 4 is 17.9 Å². The number of halogens is 2. The van der Waals surface area contributed by atoms with Crippen LogP contribution in [-0.4, -0.2) is 49.1 Å². The molecule has 0 saturated carbocycles. The minimum atomic E-state index is -2.96. The Kier molecular flexibility index (Phi) is 8.42. The van der Waals surface area contributed by atoms with Crippen molar-refractivity contribution in [3.05, 3.63) is 29.8 Å². The van der Waals surface area contributed by atoms with Gasteiger partial charge < -0.3 is 19.7 Å². The molecule has 1 fully saturated rings. The molecule has 0 aliphatic carbocycles. The van der Waals surface area contributed by atoms with Crippen molar-refractivity contribution in [3.63, 3.8) is 0 Å². The number of benzene rings is 1. The van der Waals surface area contributed by atoms with Gasteiger partial charge in [-0.25, -0.2) is 0 Å². The van der Waals surface area contributed by atoms with E-state index in [0.29, 0.717) is 5.56 Å². The third-order valence-corrected chi connectivity index (χ3v) is 4.56. The lowest BCUT2D eigenvalue weighted by Gasteiger charge is -2.26. The number of likely N-dealkylation sites (tertiary alicyclic amines) is 1. The summed E-state index contributed by atoms with van der Waals surface area (Å²) in [5.74, 6) is -0.413. The van der Waals surface area contributed by atoms with Gasteiger partial charge in [-0.15, -0.1) is 0 Å². The average molecular weight is 410 g/mol. The Hall–Kier alpha value is -2.64. The van der Waals surface area contributed by atoms with Crippen LogP contribution in [0.1, 0.15) is 39.2 Å². The molecule has 1 saturated heterocycles. The first-order valence-electron chi connectivity index (χ1n) is 9.80. The Morgan fingerprint density at radius 1 is 1.21 bits per heavy atom. The van der Waals surface area contributed by atoms with Crippen molar-refractivity contribution in [1.82, 2.24) is 10.2 Å². The summed E-state index contributed by atoms with van der Waals surface area (Å²) in [6, 6.07) is 3.83. The topological polar surface area (TPSA) is 67.9 Å². The number of ether oxygens (including phenoxy) is 2. The highest BCUT2D eigenvalue weighted by Crippen LogP contribution is 2.30. The van der Waals surface area contributed by atoms with E-state index >= 15 is 0 Å². The van der Waals surface area contributed by atoms with E-state index in [1.165, 1.54) is 24.3 Å². The van der Waals surface area contributed by atoms with Crippen molar-refractivity contribution in [1.29, 1.82) is 0 Å². The van der Waals surface area contributed by atoms with Gasteiger partial charge in [0.2, 0.25) is 11.8 Å². The zero-order valence-corrected chi connectivity index (χ0v) is 17.0. The van der Waals surface area contributed by atoms with Gasteiger partial charge in [-0.1, -0.05) is 19.9 Å². The van der Waals surface area contributed by atoms with Crippen molar-refractivity contribution in [2.75, 3.05) is 19.7 Å². The molecule has 0 unspecified atom stereocenters. The molecule has 0 aromatic heterocycles. The maximum atomic E-state index is 12.6. The standard InChI is InChI=1S/C21H28F2N2O4/c1-4-28-17-13-15(7-9-16(17)29-21(22)23)8-10-18(26)24-19(14(2)3)20(27)25-11-5-6-12-25/h7-10,13-14,19,21H,4-6,11-12H2,1-3H3,(H,24,26)/b10-8+/t19-/m0/s1. The Morgan fingerprint density at radius 2 is 1.90 bits per heavy atom. The SMILES string of the molecule is CCOc1cc(/C=C/C(=O)N[C@H](C(=O)N2CCCC2)C(C)C)ccc1OC(F)F. The second kappa shape index (κ2) is 10.8. The van der Waals surface area contributed by atoms with Crippen molar-refractivity contribution in [2.45, 2.75) is 46.3 Å². The van der Waals surface area contributed by atoms with E-state index in [4.69, 9.17) is 4.74 Å². The molecule has 8 heteroatoms. The average Bonchev–Trinajstić information content (AvgIpc) is 3.20. The Labute approximate surface area is 169 Å². The predicted octanol–water partition coefficient (Wildman–Crippen LogP) is 3.46. The molecule has 1 N–H and O–H groups in total. The summed E-state index contributed by atoms with van der Waals surface area (Å²) in [5, 5.41) is 2.77. The fraction of sp³-hybridized carbons (Fsp3) is 0.524. The van der Waals surface area contributed by atoms with Gasteiger partial charge in [0.15, 0.2) is 11.5 Å². The highest BCUT2D eigenvalue weighted by Gasteiger charge is 2.29. The molecule has 29 heavy (non-hydrogen) atoms. The van der Waals surface area contributed by atoms with Crippen LogP contribution in [0.15, 0.2) is 24.3 Å². The van der Waals surface area contributed by atoms with Crippen LogP contribution in [0.5, 0.6) is 11.5 Å². The first-order valence-corrected chi connectivity index (χ1v) is 9.80. The molecule has 1 aliphatic rings. The summed E-state index contributed by atoms with van der Waals surface area (Å²) in [7, 11) is 0. The molecule has 0 radical (unpaired) electrons. The van der Waals surface area contributed by atoms with Crippen LogP contribution < -0.4 is 14.8 Å². The number of alkyl halides is 2. The van der Waals surface area contributed by atoms with E-state index in [-0.39, 0.29) is 29.9 Å². The Morgan fingerprint density at radius 3 is 2.48 bits per heavy atom. The van der Waals surface area contributed by atoms with E-state index in [0.717, 1.165) is 25.9 Å². The second-order valence-corrected chi connectivity index (χ2v) is 7.11. The maximum Gasteiger partial charge on any atom is 0.387 e. The molecule has 1 aliphatic heterocycles. The first kappa shape index (κ1) is 22.6. The molecular weight excluding hydrogens is 382 g/mol. The summed E-state index contributed by atoms with van der Waals surface area (Å²) in [4.78, 5) is 26.8. The van der Waals surface area contributed by atoms with E-state index in [1.54, 1.807) is 17.9 Å². The number of carbonyl (C=O) groups is 2. The number of nitrogens with zero attached hydrogens (tertiary/aromatic N) is 1. The molecule has 6 nitrogen and oxygen atoms in total. The summed E-state index contributed by atoms with van der Waals surface area (Å²) in [6.45, 7) is 4.27. The number of hydrogen-bond acceptors (Lipinski definition) is 4. The van der Waals surface area contributed by atoms with Crippen LogP contribution in [0, 0.1) is 5.92 Å². The molecule has 160 valence electrons. The summed E-state index contributed by atoms with van der Waals surface area (Å²) in [5.41, 5.74) is 0.581. The number of nitrogens with one attached hydrogen (secondary N) is 1. The van der Waals surface area contributed by atoms with Gasteiger partial charge in [0.1, 0.15) is 6.04 Å². The fourth-order valence-corrected chi connectivity index (χ4v) is 3.11. The molecule has 1 aromatic carbocycles. The zero-order chi connectivity index (χ0) is 21.4. The molecular formula is C21H28F2N2O4. The molecule has 0 spiro atoms. The first-order chi connectivity index (χ1) is 13.8. The van der Waals surface area contributed by atoms with Crippen LogP contribution in [0.25, 0.3) is 6.08 Å². The molecule has 1 heterocycles. The largest absolute Gasteiger partial charge is 0.490 e. The van der Waals surface area contributed by atoms with Crippen LogP contribution >= 0.6 is 0 Å². The third-order valence-electron chi connectivity index (χ3n) is 4.56. The molecule has 1 atom stereocenters. The third kappa shape index (κ3) is 6.73. The van der Waals surface area contributed by atoms with Crippen LogP contribution in [0.4, 0.5) is 8.78 Å². The summed E-state index contributed by atoms with van der Waals surface area (Å²) >= 11 is 0.